The van der Waals surface area contributed by atoms with E-state index in [4.69, 9.17) is 9.57 Å². The predicted octanol–water partition coefficient (Wildman–Crippen LogP) is -14.8. The van der Waals surface area contributed by atoms with Crippen LogP contribution in [0.4, 0.5) is 0 Å². The average molecular weight is 796 g/mol. The third-order valence-electron chi connectivity index (χ3n) is 7.40. The molecule has 4 N–H and O–H groups in total. The Morgan fingerprint density at radius 2 is 1.21 bits per heavy atom. The Hall–Kier alpha value is 0.780. The van der Waals surface area contributed by atoms with Crippen molar-refractivity contribution in [2.75, 3.05) is 59.0 Å². The first-order chi connectivity index (χ1) is 23.0. The van der Waals surface area contributed by atoms with Crippen LogP contribution in [0.5, 0.6) is 0 Å². The third kappa shape index (κ3) is 43.7. The van der Waals surface area contributed by atoms with Crippen molar-refractivity contribution in [1.29, 1.82) is 0 Å². The Morgan fingerprint density at radius 3 is 1.75 bits per heavy atom. The molecule has 17 nitrogen and oxygen atoms in total. The number of carbonyl (C=O) groups is 5. The zero-order chi connectivity index (χ0) is 36.0. The summed E-state index contributed by atoms with van der Waals surface area (Å²) in [5, 5.41) is 45.8. The Balaban J connectivity index is -0.00000110. The summed E-state index contributed by atoms with van der Waals surface area (Å²) in [5.74, 6) is -5.16. The van der Waals surface area contributed by atoms with Gasteiger partial charge in [-0.1, -0.05) is 77.7 Å². The van der Waals surface area contributed by atoms with Gasteiger partial charge >= 0.3 is 124 Å². The van der Waals surface area contributed by atoms with Crippen LogP contribution in [-0.2, 0) is 38.3 Å². The van der Waals surface area contributed by atoms with E-state index in [1.54, 1.807) is 6.29 Å². The second kappa shape index (κ2) is 45.5. The van der Waals surface area contributed by atoms with Crippen molar-refractivity contribution in [1.82, 2.24) is 20.6 Å². The molecule has 0 aliphatic heterocycles. The number of unbranched alkanes of at least 4 members (excludes halogenated alkanes) is 9. The number of hydrogen-bond donors (Lipinski definition) is 3. The van der Waals surface area contributed by atoms with Gasteiger partial charge in [0.15, 0.2) is 0 Å². The summed E-state index contributed by atoms with van der Waals surface area (Å²) in [6, 6.07) is 0. The normalized spacial score (nSPS) is 11.3. The number of hydrogen-bond acceptors (Lipinski definition) is 16. The number of carboxylic acid groups (broad SMARTS) is 3. The maximum absolute atomic E-state index is 12.2. The number of nitrogens with one attached hydrogen (secondary N) is 2. The Morgan fingerprint density at radius 1 is 0.717 bits per heavy atom. The van der Waals surface area contributed by atoms with Gasteiger partial charge in [-0.2, -0.15) is 5.48 Å². The number of amides is 1. The number of hydroxylamine groups is 1. The minimum absolute atomic E-state index is 0. The van der Waals surface area contributed by atoms with Crippen LogP contribution in [0.2, 0.25) is 0 Å². The van der Waals surface area contributed by atoms with Gasteiger partial charge in [-0.3, -0.25) is 9.69 Å². The van der Waals surface area contributed by atoms with Gasteiger partial charge in [0.25, 0.3) is 0 Å². The maximum Gasteiger partial charge on any atom is 1.00 e. The first-order valence-electron chi connectivity index (χ1n) is 16.9. The summed E-state index contributed by atoms with van der Waals surface area (Å²) < 4.78 is 5.73. The van der Waals surface area contributed by atoms with Crippen LogP contribution in [0.1, 0.15) is 96.8 Å². The van der Waals surface area contributed by atoms with E-state index < -0.39 is 62.3 Å². The minimum Gasteiger partial charge on any atom is -0.870 e. The largest absolute Gasteiger partial charge is 1.00 e. The number of nitrogens with zero attached hydrogens (tertiary/aromatic N) is 2. The van der Waals surface area contributed by atoms with Crippen LogP contribution in [-0.4, -0.2) is 128 Å². The van der Waals surface area contributed by atoms with Gasteiger partial charge in [0.1, 0.15) is 6.61 Å². The van der Waals surface area contributed by atoms with Crippen molar-refractivity contribution < 1.29 is 182 Å². The van der Waals surface area contributed by atoms with Gasteiger partial charge in [-0.15, -0.1) is 0 Å². The van der Waals surface area contributed by atoms with E-state index in [0.717, 1.165) is 62.7 Å². The maximum atomic E-state index is 12.2. The number of aliphatic carboxylic acids is 3. The number of carbonyl (C=O) groups excluding carboxylic acids is 6. The second-order valence-electron chi connectivity index (χ2n) is 11.7. The van der Waals surface area contributed by atoms with Crippen molar-refractivity contribution in [3.05, 3.63) is 0 Å². The molecule has 0 saturated carbocycles. The quantitative estimate of drug-likeness (QED) is 0.0236. The molecule has 0 aromatic carbocycles. The molecule has 0 aromatic heterocycles. The Kier molecular flexibility index (Phi) is 56.3. The molecular weight excluding hydrogens is 740 g/mol. The molecule has 0 radical (unpaired) electrons. The molecule has 0 heterocycles. The zero-order valence-corrected chi connectivity index (χ0v) is 40.7. The number of aliphatic hydroxyl groups is 1. The predicted molar refractivity (Wildman–Crippen MR) is 169 cm³/mol. The van der Waals surface area contributed by atoms with Crippen molar-refractivity contribution in [3.8, 4) is 0 Å². The molecule has 0 saturated heterocycles. The number of aliphatic hydroxyl groups excluding tert-OH is 1. The molecule has 0 aliphatic carbocycles. The molecule has 0 spiro atoms. The average Bonchev–Trinajstić information content (AvgIpc) is 3.01. The molecule has 1 amide bonds. The van der Waals surface area contributed by atoms with Crippen LogP contribution in [0, 0.1) is 0 Å². The molecule has 286 valence electrons. The summed E-state index contributed by atoms with van der Waals surface area (Å²) >= 11 is 0. The fourth-order valence-electron chi connectivity index (χ4n) is 4.92. The molecule has 0 bridgehead atoms. The number of carboxylic acids is 3. The van der Waals surface area contributed by atoms with Gasteiger partial charge in [-0.05, 0) is 19.3 Å². The zero-order valence-electron chi connectivity index (χ0n) is 32.7. The van der Waals surface area contributed by atoms with Crippen LogP contribution in [0.3, 0.4) is 0 Å². The molecular formula is C32H55N4Na4O13-. The summed E-state index contributed by atoms with van der Waals surface area (Å²) in [6.45, 7) is 0.137. The Bertz CT molecular complexity index is 930. The van der Waals surface area contributed by atoms with Crippen molar-refractivity contribution in [2.45, 2.75) is 109 Å². The van der Waals surface area contributed by atoms with E-state index in [0.29, 0.717) is 25.7 Å². The van der Waals surface area contributed by atoms with E-state index in [-0.39, 0.29) is 162 Å². The van der Waals surface area contributed by atoms with Gasteiger partial charge in [0.2, 0.25) is 5.91 Å². The molecule has 0 fully saturated rings. The van der Waals surface area contributed by atoms with E-state index in [9.17, 15) is 49.2 Å². The topological polar surface area (TPSA) is 271 Å². The van der Waals surface area contributed by atoms with E-state index in [2.05, 4.69) is 17.7 Å². The summed E-state index contributed by atoms with van der Waals surface area (Å²) in [5.41, 5.74) is 2.35. The SMILES string of the molecule is CCCCCCCCC(O)C(CCCCCCCC(=O)NCCN(C[C-]=O)CC(=O)[O-])OCC(=O)ONCCN(CC(=O)[O-])CC(=O)[O-].[Na+].[Na+].[Na+].[Na+].[OH-]. The molecule has 21 heteroatoms. The second-order valence-corrected chi connectivity index (χ2v) is 11.7. The van der Waals surface area contributed by atoms with E-state index in [1.165, 1.54) is 11.3 Å². The van der Waals surface area contributed by atoms with Crippen molar-refractivity contribution in [2.24, 2.45) is 0 Å². The summed E-state index contributed by atoms with van der Waals surface area (Å²) in [4.78, 5) is 74.3. The van der Waals surface area contributed by atoms with E-state index in [1.807, 2.05) is 0 Å². The Labute approximate surface area is 402 Å². The fraction of sp³-hybridized carbons (Fsp3) is 0.812. The first-order valence-corrected chi connectivity index (χ1v) is 16.9. The summed E-state index contributed by atoms with van der Waals surface area (Å²) in [6.07, 6.45) is 11.9. The molecule has 53 heavy (non-hydrogen) atoms. The van der Waals surface area contributed by atoms with E-state index >= 15 is 0 Å². The standard InChI is InChI=1S/C32H57N4O12.4Na.H2O/c1-2-3-4-5-7-10-13-26(38)27(47-25-32(46)48-34-17-19-36(23-30(42)43)24-31(44)45)14-11-8-6-9-12-15-28(39)33-16-18-35(20-21-37)22-29(40)41;;;;;/h26-27,34,38H,2-20,22-25H2,1H3,(H,33,39)(H,40,41)(H,42,43)(H,44,45);;;;;1H2/q-1;4*+1;/p-4. The first kappa shape index (κ1) is 65.6. The number of ether oxygens (including phenoxy) is 1. The fourth-order valence-corrected chi connectivity index (χ4v) is 4.92. The molecule has 0 aromatic rings. The number of rotatable bonds is 34. The van der Waals surface area contributed by atoms with Crippen molar-refractivity contribution >= 4 is 36.1 Å². The molecule has 2 unspecified atom stereocenters. The van der Waals surface area contributed by atoms with Crippen molar-refractivity contribution in [3.63, 3.8) is 0 Å². The smallest absolute Gasteiger partial charge is 0.870 e. The molecule has 0 aliphatic rings. The van der Waals surface area contributed by atoms with Crippen LogP contribution >= 0.6 is 0 Å². The van der Waals surface area contributed by atoms with Gasteiger partial charge in [-0.25, -0.2) is 11.1 Å². The summed E-state index contributed by atoms with van der Waals surface area (Å²) in [7, 11) is 0. The van der Waals surface area contributed by atoms with Crippen LogP contribution in [0.25, 0.3) is 0 Å². The van der Waals surface area contributed by atoms with Crippen LogP contribution in [0.15, 0.2) is 0 Å². The van der Waals surface area contributed by atoms with Gasteiger partial charge in [0.05, 0.1) is 30.1 Å². The van der Waals surface area contributed by atoms with Gasteiger partial charge < -0.3 is 64.9 Å². The monoisotopic (exact) mass is 795 g/mol. The van der Waals surface area contributed by atoms with Crippen LogP contribution < -0.4 is 144 Å². The van der Waals surface area contributed by atoms with Gasteiger partial charge in [0, 0.05) is 52.2 Å². The third-order valence-corrected chi connectivity index (χ3v) is 7.40. The minimum atomic E-state index is -1.46. The molecule has 0 rings (SSSR count). The molecule has 2 atom stereocenters.